The number of aromatic nitrogens is 3. The quantitative estimate of drug-likeness (QED) is 0.606. The number of carbonyl (C=O) groups is 1. The second kappa shape index (κ2) is 6.80. The van der Waals surface area contributed by atoms with Gasteiger partial charge in [-0.1, -0.05) is 37.0 Å². The maximum Gasteiger partial charge on any atom is 0.210 e. The van der Waals surface area contributed by atoms with Crippen LogP contribution in [-0.4, -0.2) is 26.1 Å². The molecule has 0 N–H and O–H groups in total. The van der Waals surface area contributed by atoms with Gasteiger partial charge in [-0.2, -0.15) is 0 Å². The van der Waals surface area contributed by atoms with Crippen LogP contribution in [0.25, 0.3) is 5.00 Å². The Morgan fingerprint density at radius 1 is 1.40 bits per heavy atom. The van der Waals surface area contributed by atoms with E-state index < -0.39 is 0 Å². The van der Waals surface area contributed by atoms with E-state index in [4.69, 9.17) is 0 Å². The summed E-state index contributed by atoms with van der Waals surface area (Å²) >= 11 is 1.73. The third-order valence-corrected chi connectivity index (χ3v) is 5.74. The number of amides is 1. The number of allylic oxidation sites excluding steroid dienone is 4. The molecule has 0 bridgehead atoms. The molecule has 2 aromatic rings. The first kappa shape index (κ1) is 17.4. The molecule has 1 aliphatic rings. The van der Waals surface area contributed by atoms with Gasteiger partial charge in [0.05, 0.1) is 6.04 Å². The summed E-state index contributed by atoms with van der Waals surface area (Å²) in [6, 6.07) is -0.115. The first-order valence-corrected chi connectivity index (χ1v) is 9.00. The van der Waals surface area contributed by atoms with Gasteiger partial charge in [0.2, 0.25) is 6.41 Å². The van der Waals surface area contributed by atoms with Gasteiger partial charge in [0, 0.05) is 17.0 Å². The molecule has 1 atom stereocenters. The zero-order valence-corrected chi connectivity index (χ0v) is 15.6. The minimum absolute atomic E-state index is 0.115. The van der Waals surface area contributed by atoms with Gasteiger partial charge >= 0.3 is 0 Å². The number of fused-ring (bicyclic) bond motifs is 3. The van der Waals surface area contributed by atoms with Crippen LogP contribution in [0.2, 0.25) is 0 Å². The number of aryl methyl sites for hydroxylation is 2. The molecule has 1 amide bonds. The van der Waals surface area contributed by atoms with Gasteiger partial charge < -0.3 is 4.90 Å². The zero-order chi connectivity index (χ0) is 18.1. The van der Waals surface area contributed by atoms with Crippen molar-refractivity contribution in [2.45, 2.75) is 39.8 Å². The van der Waals surface area contributed by atoms with Gasteiger partial charge in [-0.05, 0) is 32.8 Å². The topological polar surface area (TPSA) is 51.0 Å². The summed E-state index contributed by atoms with van der Waals surface area (Å²) in [6.45, 7) is 14.5. The molecule has 0 spiro atoms. The van der Waals surface area contributed by atoms with Crippen LogP contribution >= 0.6 is 11.3 Å². The zero-order valence-electron chi connectivity index (χ0n) is 14.8. The van der Waals surface area contributed by atoms with Crippen LogP contribution < -0.4 is 0 Å². The molecule has 0 aromatic carbocycles. The SMILES string of the molecule is C=C/C=C\C(=C)Cc1c(C)sc2c1CN(C=O)[C@@H](C)c1nnc(C)n1-2. The number of nitrogens with zero attached hydrogens (tertiary/aromatic N) is 4. The average Bonchev–Trinajstić information content (AvgIpc) is 3.07. The molecule has 0 radical (unpaired) electrons. The Balaban J connectivity index is 2.14. The lowest BCUT2D eigenvalue weighted by molar-refractivity contribution is -0.120. The van der Waals surface area contributed by atoms with Crippen molar-refractivity contribution in [3.63, 3.8) is 0 Å². The lowest BCUT2D eigenvalue weighted by Gasteiger charge is -2.21. The van der Waals surface area contributed by atoms with E-state index in [0.717, 1.165) is 40.6 Å². The summed E-state index contributed by atoms with van der Waals surface area (Å²) in [7, 11) is 0. The van der Waals surface area contributed by atoms with Crippen molar-refractivity contribution in [2.24, 2.45) is 0 Å². The van der Waals surface area contributed by atoms with Gasteiger partial charge in [0.1, 0.15) is 10.8 Å². The normalized spacial score (nSPS) is 16.4. The van der Waals surface area contributed by atoms with E-state index in [1.54, 1.807) is 22.3 Å². The molecule has 0 saturated heterocycles. The van der Waals surface area contributed by atoms with Crippen LogP contribution in [0.15, 0.2) is 37.0 Å². The van der Waals surface area contributed by atoms with E-state index in [1.165, 1.54) is 10.4 Å². The summed E-state index contributed by atoms with van der Waals surface area (Å²) < 4.78 is 2.09. The summed E-state index contributed by atoms with van der Waals surface area (Å²) in [5.74, 6) is 1.65. The molecule has 3 rings (SSSR count). The van der Waals surface area contributed by atoms with E-state index in [1.807, 2.05) is 26.0 Å². The maximum absolute atomic E-state index is 11.7. The number of hydrogen-bond donors (Lipinski definition) is 0. The van der Waals surface area contributed by atoms with Crippen LogP contribution in [0, 0.1) is 13.8 Å². The average molecular weight is 354 g/mol. The number of thiophene rings is 1. The molecule has 25 heavy (non-hydrogen) atoms. The number of carbonyl (C=O) groups excluding carboxylic acids is 1. The standard InChI is InChI=1S/C19H22N4OS/c1-6-7-8-12(2)9-16-14(4)25-19-17(16)10-22(11-24)13(3)18-21-20-15(5)23(18)19/h6-8,11,13H,1-2,9-10H2,3-5H3/b8-7-/t13-/m0/s1. The summed E-state index contributed by atoms with van der Waals surface area (Å²) in [5, 5.41) is 9.66. The molecule has 5 nitrogen and oxygen atoms in total. The molecule has 0 aliphatic carbocycles. The second-order valence-corrected chi connectivity index (χ2v) is 7.45. The van der Waals surface area contributed by atoms with Crippen LogP contribution in [0.3, 0.4) is 0 Å². The minimum Gasteiger partial charge on any atom is -0.331 e. The minimum atomic E-state index is -0.115. The fraction of sp³-hybridized carbons (Fsp3) is 0.316. The molecule has 2 aromatic heterocycles. The fourth-order valence-electron chi connectivity index (χ4n) is 3.17. The molecule has 1 aliphatic heterocycles. The van der Waals surface area contributed by atoms with Crippen molar-refractivity contribution in [1.82, 2.24) is 19.7 Å². The Hall–Kier alpha value is -2.47. The van der Waals surface area contributed by atoms with Gasteiger partial charge in [0.15, 0.2) is 5.82 Å². The molecule has 0 saturated carbocycles. The van der Waals surface area contributed by atoms with Gasteiger partial charge in [-0.15, -0.1) is 21.5 Å². The molecule has 0 unspecified atom stereocenters. The summed E-state index contributed by atoms with van der Waals surface area (Å²) in [6.07, 6.45) is 7.26. The van der Waals surface area contributed by atoms with Crippen LogP contribution in [0.1, 0.15) is 40.6 Å². The van der Waals surface area contributed by atoms with Crippen LogP contribution in [0.4, 0.5) is 0 Å². The predicted molar refractivity (Wildman–Crippen MR) is 101 cm³/mol. The molecule has 6 heteroatoms. The third-order valence-electron chi connectivity index (χ3n) is 4.57. The lowest BCUT2D eigenvalue weighted by atomic mass is 10.0. The second-order valence-electron chi connectivity index (χ2n) is 6.24. The smallest absolute Gasteiger partial charge is 0.210 e. The van der Waals surface area contributed by atoms with Crippen molar-refractivity contribution in [3.8, 4) is 5.00 Å². The fourth-order valence-corrected chi connectivity index (χ4v) is 4.41. The molecular formula is C19H22N4OS. The summed E-state index contributed by atoms with van der Waals surface area (Å²) in [5.41, 5.74) is 3.41. The molecule has 0 fully saturated rings. The Kier molecular flexibility index (Phi) is 4.72. The largest absolute Gasteiger partial charge is 0.331 e. The number of hydrogen-bond acceptors (Lipinski definition) is 4. The van der Waals surface area contributed by atoms with Crippen molar-refractivity contribution in [3.05, 3.63) is 64.6 Å². The number of rotatable bonds is 5. The Bertz CT molecular complexity index is 874. The Labute approximate surface area is 152 Å². The first-order valence-electron chi connectivity index (χ1n) is 8.19. The van der Waals surface area contributed by atoms with E-state index in [9.17, 15) is 4.79 Å². The van der Waals surface area contributed by atoms with Gasteiger partial charge in [-0.25, -0.2) is 0 Å². The van der Waals surface area contributed by atoms with Crippen molar-refractivity contribution >= 4 is 17.7 Å². The van der Waals surface area contributed by atoms with Crippen molar-refractivity contribution in [2.75, 3.05) is 0 Å². The highest BCUT2D eigenvalue weighted by Crippen LogP contribution is 2.39. The van der Waals surface area contributed by atoms with E-state index in [-0.39, 0.29) is 6.04 Å². The molecule has 3 heterocycles. The van der Waals surface area contributed by atoms with Crippen LogP contribution in [-0.2, 0) is 17.8 Å². The highest BCUT2D eigenvalue weighted by Gasteiger charge is 2.31. The summed E-state index contributed by atoms with van der Waals surface area (Å²) in [4.78, 5) is 14.7. The first-order chi connectivity index (χ1) is 12.0. The van der Waals surface area contributed by atoms with E-state index >= 15 is 0 Å². The van der Waals surface area contributed by atoms with E-state index in [2.05, 4.69) is 34.8 Å². The Morgan fingerprint density at radius 2 is 2.16 bits per heavy atom. The van der Waals surface area contributed by atoms with Crippen LogP contribution in [0.5, 0.6) is 0 Å². The van der Waals surface area contributed by atoms with Gasteiger partial charge in [0.25, 0.3) is 0 Å². The highest BCUT2D eigenvalue weighted by atomic mass is 32.1. The maximum atomic E-state index is 11.7. The lowest BCUT2D eigenvalue weighted by Crippen LogP contribution is -2.25. The predicted octanol–water partition coefficient (Wildman–Crippen LogP) is 3.82. The highest BCUT2D eigenvalue weighted by molar-refractivity contribution is 7.14. The molecule has 130 valence electrons. The van der Waals surface area contributed by atoms with E-state index in [0.29, 0.717) is 6.54 Å². The Morgan fingerprint density at radius 3 is 2.84 bits per heavy atom. The third kappa shape index (κ3) is 2.98. The van der Waals surface area contributed by atoms with Crippen molar-refractivity contribution < 1.29 is 4.79 Å². The van der Waals surface area contributed by atoms with Gasteiger partial charge in [-0.3, -0.25) is 9.36 Å². The van der Waals surface area contributed by atoms with Crippen molar-refractivity contribution in [1.29, 1.82) is 0 Å². The monoisotopic (exact) mass is 354 g/mol. The molecular weight excluding hydrogens is 332 g/mol.